The third-order valence-electron chi connectivity index (χ3n) is 19.0. The molecular weight excluding hydrogens is 1850 g/mol. The van der Waals surface area contributed by atoms with Crippen molar-refractivity contribution in [3.8, 4) is 0 Å². The van der Waals surface area contributed by atoms with Gasteiger partial charge in [0.15, 0.2) is 0 Å². The van der Waals surface area contributed by atoms with Gasteiger partial charge in [-0.2, -0.15) is 0 Å². The molecule has 12 aliphatic rings. The molecule has 0 aromatic heterocycles. The van der Waals surface area contributed by atoms with Gasteiger partial charge in [-0.05, 0) is 102 Å². The predicted octanol–water partition coefficient (Wildman–Crippen LogP) is 7.61. The van der Waals surface area contributed by atoms with Gasteiger partial charge >= 0.3 is 419 Å². The molecule has 0 spiro atoms. The number of hydrogen-bond donors (Lipinski definition) is 4. The van der Waals surface area contributed by atoms with Gasteiger partial charge in [0.05, 0.1) is 13.7 Å². The monoisotopic (exact) mass is 1980 g/mol. The number of hydrogen-bond acceptors (Lipinski definition) is 8. The Balaban J connectivity index is 0. The average molecular weight is 1980 g/mol. The zero-order chi connectivity index (χ0) is 56.5. The molecule has 0 atom stereocenters. The van der Waals surface area contributed by atoms with Crippen LogP contribution in [0, 0.1) is 88.8 Å². The predicted molar refractivity (Wildman–Crippen MR) is 359 cm³/mol. The Labute approximate surface area is 589 Å². The summed E-state index contributed by atoms with van der Waals surface area (Å²) in [5.74, 6) is 17.5. The molecule has 0 heterocycles. The van der Waals surface area contributed by atoms with Crippen LogP contribution in [0.15, 0.2) is 12.2 Å². The van der Waals surface area contributed by atoms with Crippen molar-refractivity contribution < 1.29 is 31.0 Å². The van der Waals surface area contributed by atoms with E-state index in [1.54, 1.807) is 0 Å². The molecule has 8 nitrogen and oxygen atoms in total. The van der Waals surface area contributed by atoms with Crippen molar-refractivity contribution in [3.05, 3.63) is 12.2 Å². The van der Waals surface area contributed by atoms with Gasteiger partial charge < -0.3 is 5.11 Å². The summed E-state index contributed by atoms with van der Waals surface area (Å²) in [7, 11) is -5.38. The van der Waals surface area contributed by atoms with Gasteiger partial charge in [-0.1, -0.05) is 51.9 Å². The second-order valence-electron chi connectivity index (χ2n) is 26.6. The van der Waals surface area contributed by atoms with Gasteiger partial charge in [0, 0.05) is 0 Å². The van der Waals surface area contributed by atoms with E-state index in [0.29, 0.717) is 87.6 Å². The molecule has 4 N–H and O–H groups in total. The normalized spacial score (nSPS) is 32.3. The first-order valence-corrected chi connectivity index (χ1v) is 61.5. The number of allylic oxidation sites excluding steroid dienone is 1. The van der Waals surface area contributed by atoms with E-state index in [9.17, 15) is 5.11 Å². The van der Waals surface area contributed by atoms with Crippen LogP contribution in [0.25, 0.3) is 0 Å². The third kappa shape index (κ3) is 22.3. The summed E-state index contributed by atoms with van der Waals surface area (Å²) in [5.41, 5.74) is 1.34. The van der Waals surface area contributed by atoms with Gasteiger partial charge in [-0.25, -0.2) is 0 Å². The third-order valence-corrected chi connectivity index (χ3v) is 61.9. The van der Waals surface area contributed by atoms with E-state index in [-0.39, 0.29) is 38.9 Å². The summed E-state index contributed by atoms with van der Waals surface area (Å²) < 4.78 is 23.4. The van der Waals surface area contributed by atoms with E-state index in [1.807, 2.05) is 0 Å². The van der Waals surface area contributed by atoms with Crippen LogP contribution in [0.1, 0.15) is 113 Å². The topological polar surface area (TPSA) is 118 Å². The van der Waals surface area contributed by atoms with Crippen molar-refractivity contribution in [1.82, 2.24) is 0 Å². The maximum absolute atomic E-state index is 9.80. The molecule has 75 heavy (non-hydrogen) atoms. The second kappa shape index (κ2) is 40.0. The zero-order valence-corrected chi connectivity index (χ0v) is 86.3. The first-order chi connectivity index (χ1) is 34.1. The number of unbranched alkanes of at least 4 members (excludes halogenated alkanes) is 5. The Bertz CT molecular complexity index is 1320. The van der Waals surface area contributed by atoms with E-state index in [4.69, 9.17) is 25.9 Å². The second-order valence-corrected chi connectivity index (χ2v) is 64.0. The van der Waals surface area contributed by atoms with Crippen molar-refractivity contribution in [1.29, 1.82) is 0 Å². The first kappa shape index (κ1) is 84.2. The van der Waals surface area contributed by atoms with E-state index >= 15 is 0 Å². The Kier molecular flexibility index (Phi) is 45.0. The molecule has 8 radical (unpaired) electrons. The van der Waals surface area contributed by atoms with E-state index < -0.39 is 41.3 Å². The van der Waals surface area contributed by atoms with Crippen LogP contribution in [0.5, 0.6) is 0 Å². The average Bonchev–Trinajstić information content (AvgIpc) is 3.35. The summed E-state index contributed by atoms with van der Waals surface area (Å²) in [6.45, 7) is 40.8. The summed E-state index contributed by atoms with van der Waals surface area (Å²) >= 11 is 5.37. The Hall–Kier alpha value is 7.18. The van der Waals surface area contributed by atoms with Gasteiger partial charge in [-0.15, -0.1) is 6.58 Å². The fourth-order valence-electron chi connectivity index (χ4n) is 14.9. The summed E-state index contributed by atoms with van der Waals surface area (Å²) in [6, 6.07) is 8.17. The molecule has 12 fully saturated rings. The molecule has 0 aromatic rings. The van der Waals surface area contributed by atoms with E-state index in [2.05, 4.69) is 114 Å². The van der Waals surface area contributed by atoms with Crippen LogP contribution >= 0.6 is 0 Å². The van der Waals surface area contributed by atoms with Gasteiger partial charge in [-0.3, -0.25) is 0 Å². The van der Waals surface area contributed by atoms with Gasteiger partial charge in [0.1, 0.15) is 0 Å². The van der Waals surface area contributed by atoms with Crippen molar-refractivity contribution >= 4 is 232 Å². The van der Waals surface area contributed by atoms with Crippen LogP contribution < -0.4 is 0 Å². The molecule has 21 heteroatoms. The Morgan fingerprint density at radius 3 is 0.853 bits per heavy atom. The summed E-state index contributed by atoms with van der Waals surface area (Å²) in [4.78, 5) is 0. The molecule has 0 bridgehead atoms. The fraction of sp³-hybridized carbons (Fsp3) is 0.963. The molecule has 12 rings (SSSR count). The number of aliphatic hydroxyl groups excluding tert-OH is 3. The Morgan fingerprint density at radius 2 is 0.693 bits per heavy atom. The van der Waals surface area contributed by atoms with Crippen LogP contribution in [0.3, 0.4) is 0 Å². The van der Waals surface area contributed by atoms with Crippen LogP contribution in [-0.2, 0) is 10.6 Å². The minimum absolute atomic E-state index is 0. The fourth-order valence-corrected chi connectivity index (χ4v) is 29.0. The molecule has 0 saturated heterocycles. The Morgan fingerprint density at radius 1 is 0.493 bits per heavy atom. The standard InChI is InChI=1S/C10H22Si.C8H8O.C8H8.4C6H15OSi.3CH3O.CH4.4In.4Sn.13H/c1-6-7-8-11(4,5)9-10(2)3;9-8-5-2-1-3(5)7(8)4(1)6(2)8;1-2-5-3(1)7-4(1)6(2)8(5)7;4*1-4-5-6-8(2,3)7;3*1-2;;;;;;;;;;;;;;;;;;;;;;/h2,6-9H2,1,3-5H3;1-7,9H;1-8H;4*4-6H2,1-3H3;3*2H,1H2;1H4;;;;;;;;;;;;;;;;;;;;;/q;;;4*-1;;;;;;;2*+1;;;2*+1;;;;;;;;;;;;;. The van der Waals surface area contributed by atoms with E-state index in [0.717, 1.165) is 132 Å². The number of aliphatic hydroxyl groups is 4. The molecule has 0 unspecified atom stereocenters. The van der Waals surface area contributed by atoms with E-state index in [1.165, 1.54) is 153 Å². The van der Waals surface area contributed by atoms with Crippen molar-refractivity contribution in [2.75, 3.05) is 13.6 Å². The SMILES string of the molecule is C.C12C3C4C1C1C2C3C41.C=C(C)C[Si](C)(C)CCCC.CCCC[Si](C)(C)[O][InH2].CCCC[Si](C)(C)[O][InH2].CCCC[Si](C)(C)[O][SnH].CCCC[Si](C)(C)[O][SnH].OC12C3C4C5C3C1C5C42.O[CH2][InH2].O[CH2][SnH].O[CH2][SnH].[InH3]. The van der Waals surface area contributed by atoms with Gasteiger partial charge in [0.25, 0.3) is 0 Å². The summed E-state index contributed by atoms with van der Waals surface area (Å²) in [6.07, 6.45) is 13.4. The van der Waals surface area contributed by atoms with Crippen LogP contribution in [-0.4, -0.2) is 272 Å². The number of rotatable bonds is 21. The van der Waals surface area contributed by atoms with Gasteiger partial charge in [0.2, 0.25) is 0 Å². The quantitative estimate of drug-likeness (QED) is 0.0687. The first-order valence-electron chi connectivity index (χ1n) is 29.5. The van der Waals surface area contributed by atoms with Crippen LogP contribution in [0.2, 0.25) is 102 Å². The molecule has 436 valence electrons. The van der Waals surface area contributed by atoms with Crippen molar-refractivity contribution in [3.63, 3.8) is 0 Å². The molecule has 0 aliphatic heterocycles. The maximum atomic E-state index is 9.80. The minimum atomic E-state index is -1.14. The molecule has 0 amide bonds. The van der Waals surface area contributed by atoms with Crippen molar-refractivity contribution in [2.24, 2.45) is 88.8 Å². The van der Waals surface area contributed by atoms with Crippen LogP contribution in [0.4, 0.5) is 0 Å². The molecule has 12 aliphatic carbocycles. The molecule has 0 aromatic carbocycles. The van der Waals surface area contributed by atoms with Crippen molar-refractivity contribution in [2.45, 2.75) is 221 Å². The zero-order valence-electron chi connectivity index (χ0n) is 51.0. The summed E-state index contributed by atoms with van der Waals surface area (Å²) in [5, 5.41) is 32.7. The molecule has 12 saturated carbocycles. The molecular formula is C54H124In4O8Si5Sn4.